The van der Waals surface area contributed by atoms with E-state index in [9.17, 15) is 4.79 Å². The summed E-state index contributed by atoms with van der Waals surface area (Å²) in [5.74, 6) is 1.49. The van der Waals surface area contributed by atoms with Gasteiger partial charge in [0, 0.05) is 24.5 Å². The van der Waals surface area contributed by atoms with Crippen LogP contribution in [0.25, 0.3) is 0 Å². The molecule has 1 aliphatic heterocycles. The number of ether oxygens (including phenoxy) is 3. The van der Waals surface area contributed by atoms with E-state index in [0.717, 1.165) is 21.3 Å². The summed E-state index contributed by atoms with van der Waals surface area (Å²) in [6.45, 7) is 5.91. The summed E-state index contributed by atoms with van der Waals surface area (Å²) in [6.07, 6.45) is 1.59. The number of morpholine rings is 1. The molecule has 2 aromatic carbocycles. The second-order valence-corrected chi connectivity index (χ2v) is 8.72. The fourth-order valence-corrected chi connectivity index (χ4v) is 3.98. The van der Waals surface area contributed by atoms with Crippen molar-refractivity contribution in [3.63, 3.8) is 0 Å². The Kier molecular flexibility index (Phi) is 8.28. The van der Waals surface area contributed by atoms with Crippen LogP contribution in [-0.4, -0.2) is 60.5 Å². The summed E-state index contributed by atoms with van der Waals surface area (Å²) < 4.78 is 16.8. The Morgan fingerprint density at radius 3 is 2.61 bits per heavy atom. The number of aryl methyl sites for hydroxylation is 1. The van der Waals surface area contributed by atoms with E-state index in [1.165, 1.54) is 14.0 Å². The lowest BCUT2D eigenvalue weighted by Crippen LogP contribution is -2.37. The van der Waals surface area contributed by atoms with Crippen molar-refractivity contribution in [1.82, 2.24) is 15.0 Å². The molecule has 1 fully saturated rings. The van der Waals surface area contributed by atoms with Crippen LogP contribution in [0.2, 0.25) is 0 Å². The standard InChI is InChI=1S/C24H26BrN7O4/c1-15-4-6-19(18(25)12-15)27-22-28-23(30-24(29-22)32-8-10-35-11-9-32)31-26-14-17-5-7-20(36-16(2)33)21(13-17)34-3/h4-7,12-14H,8-11H2,1-3H3,(H2,27,28,29,30,31). The molecule has 1 saturated heterocycles. The number of anilines is 4. The van der Waals surface area contributed by atoms with Crippen LogP contribution in [0.15, 0.2) is 46.0 Å². The number of hydrazone groups is 1. The highest BCUT2D eigenvalue weighted by molar-refractivity contribution is 9.10. The van der Waals surface area contributed by atoms with Crippen LogP contribution in [0.5, 0.6) is 11.5 Å². The molecule has 0 amide bonds. The van der Waals surface area contributed by atoms with Gasteiger partial charge in [-0.15, -0.1) is 0 Å². The molecule has 1 aromatic heterocycles. The van der Waals surface area contributed by atoms with E-state index in [2.05, 4.69) is 46.7 Å². The number of halogens is 1. The first-order valence-electron chi connectivity index (χ1n) is 11.2. The van der Waals surface area contributed by atoms with Crippen LogP contribution in [0.1, 0.15) is 18.1 Å². The zero-order chi connectivity index (χ0) is 25.5. The molecule has 2 N–H and O–H groups in total. The Morgan fingerprint density at radius 2 is 1.89 bits per heavy atom. The predicted octanol–water partition coefficient (Wildman–Crippen LogP) is 3.90. The molecule has 12 heteroatoms. The molecule has 0 bridgehead atoms. The van der Waals surface area contributed by atoms with E-state index in [0.29, 0.717) is 49.7 Å². The Hall–Kier alpha value is -3.77. The molecule has 188 valence electrons. The van der Waals surface area contributed by atoms with Gasteiger partial charge in [0.2, 0.25) is 17.8 Å². The minimum atomic E-state index is -0.427. The molecule has 4 rings (SSSR count). The number of carbonyl (C=O) groups is 1. The molecule has 0 unspecified atom stereocenters. The van der Waals surface area contributed by atoms with Crippen molar-refractivity contribution in [3.05, 3.63) is 52.0 Å². The first-order chi connectivity index (χ1) is 17.4. The lowest BCUT2D eigenvalue weighted by atomic mass is 10.2. The van der Waals surface area contributed by atoms with Crippen LogP contribution < -0.4 is 25.1 Å². The predicted molar refractivity (Wildman–Crippen MR) is 141 cm³/mol. The van der Waals surface area contributed by atoms with Gasteiger partial charge in [-0.3, -0.25) is 4.79 Å². The van der Waals surface area contributed by atoms with E-state index >= 15 is 0 Å². The van der Waals surface area contributed by atoms with E-state index in [1.807, 2.05) is 30.0 Å². The zero-order valence-electron chi connectivity index (χ0n) is 20.1. The zero-order valence-corrected chi connectivity index (χ0v) is 21.7. The smallest absolute Gasteiger partial charge is 0.308 e. The van der Waals surface area contributed by atoms with Gasteiger partial charge in [0.15, 0.2) is 11.5 Å². The largest absolute Gasteiger partial charge is 0.493 e. The summed E-state index contributed by atoms with van der Waals surface area (Å²) in [4.78, 5) is 26.9. The van der Waals surface area contributed by atoms with Crippen LogP contribution >= 0.6 is 15.9 Å². The normalized spacial score (nSPS) is 13.5. The van der Waals surface area contributed by atoms with Crippen molar-refractivity contribution in [2.75, 3.05) is 49.1 Å². The second kappa shape index (κ2) is 11.8. The fraction of sp³-hybridized carbons (Fsp3) is 0.292. The summed E-state index contributed by atoms with van der Waals surface area (Å²) in [7, 11) is 1.50. The molecule has 0 aliphatic carbocycles. The first kappa shape index (κ1) is 25.3. The maximum Gasteiger partial charge on any atom is 0.308 e. The quantitative estimate of drug-likeness (QED) is 0.183. The van der Waals surface area contributed by atoms with Gasteiger partial charge in [-0.1, -0.05) is 6.07 Å². The molecule has 36 heavy (non-hydrogen) atoms. The number of hydrogen-bond acceptors (Lipinski definition) is 11. The Bertz CT molecular complexity index is 1270. The maximum atomic E-state index is 11.3. The van der Waals surface area contributed by atoms with Crippen LogP contribution in [0.4, 0.5) is 23.5 Å². The van der Waals surface area contributed by atoms with Crippen LogP contribution in [-0.2, 0) is 9.53 Å². The van der Waals surface area contributed by atoms with Crippen LogP contribution in [0.3, 0.4) is 0 Å². The Balaban J connectivity index is 1.56. The van der Waals surface area contributed by atoms with Crippen molar-refractivity contribution >= 4 is 51.6 Å². The highest BCUT2D eigenvalue weighted by Gasteiger charge is 2.17. The third kappa shape index (κ3) is 6.67. The number of carbonyl (C=O) groups excluding carboxylic acids is 1. The average molecular weight is 556 g/mol. The van der Waals surface area contributed by atoms with Gasteiger partial charge in [0.25, 0.3) is 0 Å². The fourth-order valence-electron chi connectivity index (χ4n) is 3.39. The number of benzene rings is 2. The Morgan fingerprint density at radius 1 is 1.11 bits per heavy atom. The lowest BCUT2D eigenvalue weighted by Gasteiger charge is -2.27. The highest BCUT2D eigenvalue weighted by atomic mass is 79.9. The summed E-state index contributed by atoms with van der Waals surface area (Å²) in [5, 5.41) is 7.52. The van der Waals surface area contributed by atoms with Gasteiger partial charge in [0.05, 0.1) is 32.2 Å². The third-order valence-corrected chi connectivity index (χ3v) is 5.76. The number of hydrogen-bond donors (Lipinski definition) is 2. The van der Waals surface area contributed by atoms with Gasteiger partial charge < -0.3 is 24.4 Å². The van der Waals surface area contributed by atoms with Crippen molar-refractivity contribution in [2.45, 2.75) is 13.8 Å². The van der Waals surface area contributed by atoms with Crippen molar-refractivity contribution in [1.29, 1.82) is 0 Å². The van der Waals surface area contributed by atoms with Gasteiger partial charge >= 0.3 is 5.97 Å². The molecule has 3 aromatic rings. The van der Waals surface area contributed by atoms with Gasteiger partial charge in [0.1, 0.15) is 0 Å². The number of nitrogens with one attached hydrogen (secondary N) is 2. The number of rotatable bonds is 8. The van der Waals surface area contributed by atoms with E-state index in [4.69, 9.17) is 14.2 Å². The molecule has 11 nitrogen and oxygen atoms in total. The molecule has 0 spiro atoms. The minimum Gasteiger partial charge on any atom is -0.493 e. The van der Waals surface area contributed by atoms with Crippen molar-refractivity contribution < 1.29 is 19.0 Å². The molecule has 0 saturated carbocycles. The van der Waals surface area contributed by atoms with E-state index in [1.54, 1.807) is 24.4 Å². The summed E-state index contributed by atoms with van der Waals surface area (Å²) in [5.41, 5.74) is 5.56. The second-order valence-electron chi connectivity index (χ2n) is 7.86. The van der Waals surface area contributed by atoms with Crippen LogP contribution in [0, 0.1) is 6.92 Å². The number of esters is 1. The molecule has 2 heterocycles. The molecule has 0 radical (unpaired) electrons. The van der Waals surface area contributed by atoms with E-state index < -0.39 is 5.97 Å². The van der Waals surface area contributed by atoms with E-state index in [-0.39, 0.29) is 5.95 Å². The lowest BCUT2D eigenvalue weighted by molar-refractivity contribution is -0.132. The Labute approximate surface area is 217 Å². The number of methoxy groups -OCH3 is 1. The minimum absolute atomic E-state index is 0.275. The maximum absolute atomic E-state index is 11.3. The molecule has 0 atom stereocenters. The number of nitrogens with zero attached hydrogens (tertiary/aromatic N) is 5. The first-order valence-corrected chi connectivity index (χ1v) is 12.0. The van der Waals surface area contributed by atoms with Gasteiger partial charge in [-0.05, 0) is 64.3 Å². The molecular weight excluding hydrogens is 530 g/mol. The van der Waals surface area contributed by atoms with Gasteiger partial charge in [-0.2, -0.15) is 20.1 Å². The third-order valence-electron chi connectivity index (χ3n) is 5.11. The average Bonchev–Trinajstić information content (AvgIpc) is 2.87. The summed E-state index contributed by atoms with van der Waals surface area (Å²) >= 11 is 3.58. The van der Waals surface area contributed by atoms with Gasteiger partial charge in [-0.25, -0.2) is 5.43 Å². The molecular formula is C24H26BrN7O4. The SMILES string of the molecule is COc1cc(C=NNc2nc(Nc3ccc(C)cc3Br)nc(N3CCOCC3)n2)ccc1OC(C)=O. The van der Waals surface area contributed by atoms with Crippen molar-refractivity contribution in [3.8, 4) is 11.5 Å². The number of aromatic nitrogens is 3. The topological polar surface area (TPSA) is 123 Å². The van der Waals surface area contributed by atoms with Crippen molar-refractivity contribution in [2.24, 2.45) is 5.10 Å². The molecule has 1 aliphatic rings. The monoisotopic (exact) mass is 555 g/mol. The highest BCUT2D eigenvalue weighted by Crippen LogP contribution is 2.28. The summed E-state index contributed by atoms with van der Waals surface area (Å²) in [6, 6.07) is 11.1.